The van der Waals surface area contributed by atoms with E-state index in [1.165, 1.54) is 12.1 Å². The first-order chi connectivity index (χ1) is 12.7. The number of hydrogen-bond donors (Lipinski definition) is 1. The van der Waals surface area contributed by atoms with Gasteiger partial charge in [0.15, 0.2) is 0 Å². The summed E-state index contributed by atoms with van der Waals surface area (Å²) in [6.07, 6.45) is -0.473. The van der Waals surface area contributed by atoms with Gasteiger partial charge in [0.05, 0.1) is 12.7 Å². The van der Waals surface area contributed by atoms with E-state index in [1.807, 2.05) is 42.5 Å². The second kappa shape index (κ2) is 6.52. The minimum atomic E-state index is -0.473. The number of carbonyl (C=O) groups excluding carboxylic acids is 1. The molecule has 1 amide bonds. The molecule has 130 valence electrons. The molecule has 0 bridgehead atoms. The van der Waals surface area contributed by atoms with Crippen molar-refractivity contribution in [3.05, 3.63) is 89.7 Å². The average molecular weight is 348 g/mol. The second-order valence-electron chi connectivity index (χ2n) is 5.99. The largest absolute Gasteiger partial charge is 0.496 e. The van der Waals surface area contributed by atoms with Crippen LogP contribution in [0.25, 0.3) is 0 Å². The Morgan fingerprint density at radius 2 is 1.65 bits per heavy atom. The zero-order valence-corrected chi connectivity index (χ0v) is 14.1. The lowest BCUT2D eigenvalue weighted by atomic mass is 10.0. The number of carbonyl (C=O) groups is 1. The molecule has 0 fully saturated rings. The maximum absolute atomic E-state index is 13.4. The van der Waals surface area contributed by atoms with Gasteiger partial charge in [-0.3, -0.25) is 9.69 Å². The molecular formula is C21H17FN2O2. The number of nitrogens with one attached hydrogen (secondary N) is 1. The molecule has 1 atom stereocenters. The predicted molar refractivity (Wildman–Crippen MR) is 99.0 cm³/mol. The van der Waals surface area contributed by atoms with Crippen molar-refractivity contribution in [3.63, 3.8) is 0 Å². The minimum absolute atomic E-state index is 0.151. The normalized spacial score (nSPS) is 16.0. The Hall–Kier alpha value is -3.34. The van der Waals surface area contributed by atoms with Crippen molar-refractivity contribution >= 4 is 17.3 Å². The molecule has 0 unspecified atom stereocenters. The molecule has 0 aromatic heterocycles. The molecule has 0 radical (unpaired) electrons. The van der Waals surface area contributed by atoms with Gasteiger partial charge in [-0.05, 0) is 42.5 Å². The smallest absolute Gasteiger partial charge is 0.262 e. The Morgan fingerprint density at radius 3 is 2.42 bits per heavy atom. The van der Waals surface area contributed by atoms with Gasteiger partial charge >= 0.3 is 0 Å². The molecule has 0 saturated heterocycles. The Balaban J connectivity index is 1.89. The van der Waals surface area contributed by atoms with Crippen LogP contribution in [0.4, 0.5) is 15.8 Å². The topological polar surface area (TPSA) is 41.6 Å². The van der Waals surface area contributed by atoms with E-state index < -0.39 is 6.17 Å². The lowest BCUT2D eigenvalue weighted by Gasteiger charge is -2.38. The summed E-state index contributed by atoms with van der Waals surface area (Å²) >= 11 is 0. The quantitative estimate of drug-likeness (QED) is 0.752. The van der Waals surface area contributed by atoms with E-state index in [9.17, 15) is 9.18 Å². The molecule has 0 aliphatic carbocycles. The molecule has 0 saturated carbocycles. The molecule has 1 aliphatic heterocycles. The van der Waals surface area contributed by atoms with E-state index in [0.717, 1.165) is 11.3 Å². The lowest BCUT2D eigenvalue weighted by molar-refractivity contribution is 0.0974. The summed E-state index contributed by atoms with van der Waals surface area (Å²) in [6, 6.07) is 20.8. The van der Waals surface area contributed by atoms with Crippen molar-refractivity contribution in [2.45, 2.75) is 6.17 Å². The molecule has 0 spiro atoms. The summed E-state index contributed by atoms with van der Waals surface area (Å²) in [6.45, 7) is 0. The molecular weight excluding hydrogens is 331 g/mol. The number of hydrogen-bond acceptors (Lipinski definition) is 3. The van der Waals surface area contributed by atoms with Crippen LogP contribution in [0.1, 0.15) is 22.1 Å². The van der Waals surface area contributed by atoms with E-state index >= 15 is 0 Å². The monoisotopic (exact) mass is 348 g/mol. The lowest BCUT2D eigenvalue weighted by Crippen LogP contribution is -2.43. The van der Waals surface area contributed by atoms with Crippen LogP contribution in [0.3, 0.4) is 0 Å². The Labute approximate surface area is 150 Å². The van der Waals surface area contributed by atoms with Crippen molar-refractivity contribution < 1.29 is 13.9 Å². The van der Waals surface area contributed by atoms with Gasteiger partial charge in [-0.15, -0.1) is 0 Å². The molecule has 1 aliphatic rings. The number of fused-ring (bicyclic) bond motifs is 1. The zero-order valence-electron chi connectivity index (χ0n) is 14.1. The van der Waals surface area contributed by atoms with Crippen molar-refractivity contribution in [3.8, 4) is 5.75 Å². The van der Waals surface area contributed by atoms with Crippen molar-refractivity contribution in [1.82, 2.24) is 0 Å². The highest BCUT2D eigenvalue weighted by molar-refractivity contribution is 6.12. The highest BCUT2D eigenvalue weighted by Gasteiger charge is 2.35. The number of para-hydroxylation sites is 2. The van der Waals surface area contributed by atoms with Crippen molar-refractivity contribution in [1.29, 1.82) is 0 Å². The van der Waals surface area contributed by atoms with Gasteiger partial charge in [0.2, 0.25) is 0 Å². The van der Waals surface area contributed by atoms with Gasteiger partial charge in [-0.2, -0.15) is 0 Å². The number of benzene rings is 3. The number of rotatable bonds is 3. The predicted octanol–water partition coefficient (Wildman–Crippen LogP) is 4.61. The van der Waals surface area contributed by atoms with Crippen LogP contribution in [-0.2, 0) is 0 Å². The van der Waals surface area contributed by atoms with E-state index in [0.29, 0.717) is 17.0 Å². The summed E-state index contributed by atoms with van der Waals surface area (Å²) in [7, 11) is 1.60. The maximum atomic E-state index is 13.4. The average Bonchev–Trinajstić information content (AvgIpc) is 2.69. The van der Waals surface area contributed by atoms with E-state index in [4.69, 9.17) is 4.74 Å². The third-order valence-electron chi connectivity index (χ3n) is 4.47. The van der Waals surface area contributed by atoms with Crippen LogP contribution in [-0.4, -0.2) is 13.0 Å². The minimum Gasteiger partial charge on any atom is -0.496 e. The molecule has 4 nitrogen and oxygen atoms in total. The van der Waals surface area contributed by atoms with Crippen molar-refractivity contribution in [2.24, 2.45) is 0 Å². The standard InChI is InChI=1S/C21H17FN2O2/c1-26-19-9-5-3-7-17(19)20-23-18-8-4-2-6-16(18)21(25)24(20)15-12-10-14(22)11-13-15/h2-13,20,23H,1H3/t20-/m1/s1. The van der Waals surface area contributed by atoms with Crippen LogP contribution < -0.4 is 15.0 Å². The van der Waals surface area contributed by atoms with Crippen LogP contribution >= 0.6 is 0 Å². The molecule has 3 aromatic rings. The van der Waals surface area contributed by atoms with Gasteiger partial charge < -0.3 is 10.1 Å². The third-order valence-corrected chi connectivity index (χ3v) is 4.47. The van der Waals surface area contributed by atoms with E-state index in [-0.39, 0.29) is 11.7 Å². The molecule has 26 heavy (non-hydrogen) atoms. The summed E-state index contributed by atoms with van der Waals surface area (Å²) in [4.78, 5) is 14.9. The fourth-order valence-corrected chi connectivity index (χ4v) is 3.23. The number of nitrogens with zero attached hydrogens (tertiary/aromatic N) is 1. The molecule has 4 rings (SSSR count). The van der Waals surface area contributed by atoms with E-state index in [2.05, 4.69) is 5.32 Å². The second-order valence-corrected chi connectivity index (χ2v) is 5.99. The molecule has 3 aromatic carbocycles. The van der Waals surface area contributed by atoms with Gasteiger partial charge in [0, 0.05) is 16.9 Å². The Morgan fingerprint density at radius 1 is 0.962 bits per heavy atom. The highest BCUT2D eigenvalue weighted by Crippen LogP contribution is 2.39. The van der Waals surface area contributed by atoms with Crippen LogP contribution in [0.2, 0.25) is 0 Å². The third kappa shape index (κ3) is 2.67. The Kier molecular flexibility index (Phi) is 4.05. The highest BCUT2D eigenvalue weighted by atomic mass is 19.1. The number of methoxy groups -OCH3 is 1. The fourth-order valence-electron chi connectivity index (χ4n) is 3.23. The number of ether oxygens (including phenoxy) is 1. The molecule has 5 heteroatoms. The summed E-state index contributed by atoms with van der Waals surface area (Å²) in [5.74, 6) is 0.173. The van der Waals surface area contributed by atoms with Gasteiger partial charge in [-0.25, -0.2) is 4.39 Å². The van der Waals surface area contributed by atoms with Crippen LogP contribution in [0.5, 0.6) is 5.75 Å². The van der Waals surface area contributed by atoms with Gasteiger partial charge in [0.25, 0.3) is 5.91 Å². The van der Waals surface area contributed by atoms with Crippen LogP contribution in [0, 0.1) is 5.82 Å². The molecule has 1 heterocycles. The van der Waals surface area contributed by atoms with E-state index in [1.54, 1.807) is 30.2 Å². The fraction of sp³-hybridized carbons (Fsp3) is 0.0952. The first kappa shape index (κ1) is 16.1. The number of anilines is 2. The SMILES string of the molecule is COc1ccccc1[C@@H]1Nc2ccccc2C(=O)N1c1ccc(F)cc1. The van der Waals surface area contributed by atoms with Gasteiger partial charge in [-0.1, -0.05) is 30.3 Å². The van der Waals surface area contributed by atoms with Crippen LogP contribution in [0.15, 0.2) is 72.8 Å². The summed E-state index contributed by atoms with van der Waals surface area (Å²) in [5, 5.41) is 3.41. The van der Waals surface area contributed by atoms with Gasteiger partial charge in [0.1, 0.15) is 17.7 Å². The Bertz CT molecular complexity index is 956. The summed E-state index contributed by atoms with van der Waals surface area (Å²) < 4.78 is 18.9. The molecule has 1 N–H and O–H groups in total. The number of halogens is 1. The number of amides is 1. The first-order valence-corrected chi connectivity index (χ1v) is 8.26. The van der Waals surface area contributed by atoms with Crippen molar-refractivity contribution in [2.75, 3.05) is 17.3 Å². The summed E-state index contributed by atoms with van der Waals surface area (Å²) in [5.41, 5.74) is 2.76. The zero-order chi connectivity index (χ0) is 18.1. The first-order valence-electron chi connectivity index (χ1n) is 8.26. The maximum Gasteiger partial charge on any atom is 0.262 e.